The third-order valence-corrected chi connectivity index (χ3v) is 7.40. The second-order valence-electron chi connectivity index (χ2n) is 8.06. The van der Waals surface area contributed by atoms with Crippen molar-refractivity contribution in [2.75, 3.05) is 5.75 Å². The molecule has 1 fully saturated rings. The number of nitrogens with zero attached hydrogens (tertiary/aromatic N) is 4. The lowest BCUT2D eigenvalue weighted by atomic mass is 9.95. The molecule has 0 bridgehead atoms. The minimum Gasteiger partial charge on any atom is -0.299 e. The summed E-state index contributed by atoms with van der Waals surface area (Å²) in [5.74, 6) is 0.808. The van der Waals surface area contributed by atoms with E-state index in [1.165, 1.54) is 42.8 Å². The summed E-state index contributed by atoms with van der Waals surface area (Å²) in [7, 11) is 0. The molecule has 1 amide bonds. The molecule has 33 heavy (non-hydrogen) atoms. The van der Waals surface area contributed by atoms with Gasteiger partial charge < -0.3 is 0 Å². The first-order chi connectivity index (χ1) is 16.0. The summed E-state index contributed by atoms with van der Waals surface area (Å²) >= 11 is 13.5. The number of hydrazone groups is 1. The molecule has 0 aliphatic heterocycles. The van der Waals surface area contributed by atoms with Crippen LogP contribution in [-0.2, 0) is 4.79 Å². The summed E-state index contributed by atoms with van der Waals surface area (Å²) in [5.41, 5.74) is 5.42. The highest BCUT2D eigenvalue weighted by Gasteiger charge is 2.24. The van der Waals surface area contributed by atoms with E-state index in [-0.39, 0.29) is 11.7 Å². The fourth-order valence-electron chi connectivity index (χ4n) is 3.90. The summed E-state index contributed by atoms with van der Waals surface area (Å²) in [5, 5.41) is 14.5. The highest BCUT2D eigenvalue weighted by molar-refractivity contribution is 7.99. The second-order valence-corrected chi connectivity index (χ2v) is 9.79. The zero-order valence-electron chi connectivity index (χ0n) is 18.3. The van der Waals surface area contributed by atoms with Crippen LogP contribution in [0.3, 0.4) is 0 Å². The summed E-state index contributed by atoms with van der Waals surface area (Å²) in [6, 6.07) is 13.9. The molecular weight excluding hydrogens is 477 g/mol. The average Bonchev–Trinajstić information content (AvgIpc) is 3.25. The number of rotatable bonds is 7. The molecule has 0 unspecified atom stereocenters. The maximum atomic E-state index is 12.4. The van der Waals surface area contributed by atoms with Crippen LogP contribution in [0.4, 0.5) is 0 Å². The van der Waals surface area contributed by atoms with E-state index in [0.29, 0.717) is 21.7 Å². The molecule has 4 rings (SSSR count). The van der Waals surface area contributed by atoms with Crippen LogP contribution in [0.15, 0.2) is 52.7 Å². The van der Waals surface area contributed by atoms with E-state index in [4.69, 9.17) is 23.2 Å². The summed E-state index contributed by atoms with van der Waals surface area (Å²) < 4.78 is 2.22. The first kappa shape index (κ1) is 23.8. The van der Waals surface area contributed by atoms with Gasteiger partial charge in [0.1, 0.15) is 0 Å². The van der Waals surface area contributed by atoms with Crippen molar-refractivity contribution in [1.82, 2.24) is 20.2 Å². The Labute approximate surface area is 207 Å². The lowest BCUT2D eigenvalue weighted by Crippen LogP contribution is -2.20. The minimum atomic E-state index is -0.232. The van der Waals surface area contributed by atoms with Gasteiger partial charge in [0.2, 0.25) is 0 Å². The van der Waals surface area contributed by atoms with Gasteiger partial charge in [0, 0.05) is 17.2 Å². The number of thioether (sulfide) groups is 1. The van der Waals surface area contributed by atoms with Crippen LogP contribution in [0, 0.1) is 6.92 Å². The predicted molar refractivity (Wildman–Crippen MR) is 135 cm³/mol. The quantitative estimate of drug-likeness (QED) is 0.234. The van der Waals surface area contributed by atoms with Crippen molar-refractivity contribution in [3.63, 3.8) is 0 Å². The molecule has 1 aromatic heterocycles. The molecule has 1 saturated carbocycles. The normalized spacial score (nSPS) is 14.6. The molecule has 0 radical (unpaired) electrons. The molecule has 9 heteroatoms. The van der Waals surface area contributed by atoms with Crippen molar-refractivity contribution in [1.29, 1.82) is 0 Å². The Hall–Kier alpha value is -2.35. The fourth-order valence-corrected chi connectivity index (χ4v) is 5.05. The Morgan fingerprint density at radius 3 is 2.67 bits per heavy atom. The number of aryl methyl sites for hydroxylation is 1. The van der Waals surface area contributed by atoms with E-state index in [1.807, 2.05) is 0 Å². The first-order valence-corrected chi connectivity index (χ1v) is 12.7. The van der Waals surface area contributed by atoms with E-state index in [0.717, 1.165) is 29.4 Å². The summed E-state index contributed by atoms with van der Waals surface area (Å²) in [4.78, 5) is 12.4. The highest BCUT2D eigenvalue weighted by atomic mass is 35.5. The van der Waals surface area contributed by atoms with E-state index in [2.05, 4.69) is 56.5 Å². The summed E-state index contributed by atoms with van der Waals surface area (Å²) in [6.07, 6.45) is 7.33. The SMILES string of the molecule is Cc1ccc(-c2nnc(SCC(=O)N/N=C\c3cccc(Cl)c3Cl)n2C2CCCCC2)cc1. The van der Waals surface area contributed by atoms with Crippen molar-refractivity contribution in [2.45, 2.75) is 50.2 Å². The number of carbonyl (C=O) groups is 1. The van der Waals surface area contributed by atoms with Crippen LogP contribution in [-0.4, -0.2) is 32.6 Å². The zero-order valence-corrected chi connectivity index (χ0v) is 20.6. The van der Waals surface area contributed by atoms with Crippen molar-refractivity contribution in [2.24, 2.45) is 5.10 Å². The van der Waals surface area contributed by atoms with Gasteiger partial charge in [-0.3, -0.25) is 9.36 Å². The second kappa shape index (κ2) is 11.2. The zero-order chi connectivity index (χ0) is 23.2. The van der Waals surface area contributed by atoms with E-state index in [1.54, 1.807) is 18.2 Å². The molecule has 0 spiro atoms. The Kier molecular flexibility index (Phi) is 8.06. The third-order valence-electron chi connectivity index (χ3n) is 5.62. The van der Waals surface area contributed by atoms with Crippen LogP contribution in [0.25, 0.3) is 11.4 Å². The van der Waals surface area contributed by atoms with E-state index in [9.17, 15) is 4.79 Å². The van der Waals surface area contributed by atoms with Crippen LogP contribution >= 0.6 is 35.0 Å². The van der Waals surface area contributed by atoms with E-state index < -0.39 is 0 Å². The molecular formula is C24H25Cl2N5OS. The molecule has 6 nitrogen and oxygen atoms in total. The average molecular weight is 502 g/mol. The topological polar surface area (TPSA) is 72.2 Å². The van der Waals surface area contributed by atoms with Crippen molar-refractivity contribution in [3.8, 4) is 11.4 Å². The van der Waals surface area contributed by atoms with Gasteiger partial charge in [0.25, 0.3) is 5.91 Å². The minimum absolute atomic E-state index is 0.180. The van der Waals surface area contributed by atoms with Gasteiger partial charge in [-0.1, -0.05) is 96.2 Å². The number of aromatic nitrogens is 3. The van der Waals surface area contributed by atoms with Gasteiger partial charge in [-0.15, -0.1) is 10.2 Å². The van der Waals surface area contributed by atoms with E-state index >= 15 is 0 Å². The Bertz CT molecular complexity index is 1140. The van der Waals surface area contributed by atoms with Crippen LogP contribution in [0.1, 0.15) is 49.3 Å². The lowest BCUT2D eigenvalue weighted by Gasteiger charge is -2.25. The molecule has 0 atom stereocenters. The number of hydrogen-bond acceptors (Lipinski definition) is 5. The van der Waals surface area contributed by atoms with Crippen molar-refractivity contribution < 1.29 is 4.79 Å². The first-order valence-electron chi connectivity index (χ1n) is 10.9. The molecule has 1 aliphatic rings. The van der Waals surface area contributed by atoms with Gasteiger partial charge in [-0.25, -0.2) is 5.43 Å². The smallest absolute Gasteiger partial charge is 0.250 e. The van der Waals surface area contributed by atoms with Gasteiger partial charge in [0.15, 0.2) is 11.0 Å². The van der Waals surface area contributed by atoms with Gasteiger partial charge >= 0.3 is 0 Å². The van der Waals surface area contributed by atoms with Gasteiger partial charge in [-0.2, -0.15) is 5.10 Å². The number of amides is 1. The van der Waals surface area contributed by atoms with Gasteiger partial charge in [0.05, 0.1) is 22.0 Å². The molecule has 3 aromatic rings. The van der Waals surface area contributed by atoms with Crippen LogP contribution < -0.4 is 5.43 Å². The number of halogens is 2. The monoisotopic (exact) mass is 501 g/mol. The Balaban J connectivity index is 1.46. The Morgan fingerprint density at radius 1 is 1.15 bits per heavy atom. The maximum absolute atomic E-state index is 12.4. The number of benzene rings is 2. The van der Waals surface area contributed by atoms with Crippen molar-refractivity contribution >= 4 is 47.1 Å². The number of nitrogens with one attached hydrogen (secondary N) is 1. The number of carbonyl (C=O) groups excluding carboxylic acids is 1. The fraction of sp³-hybridized carbons (Fsp3) is 0.333. The van der Waals surface area contributed by atoms with Gasteiger partial charge in [-0.05, 0) is 25.8 Å². The standard InChI is InChI=1S/C24H25Cl2N5OS/c1-16-10-12-17(13-11-16)23-29-30-24(31(23)19-7-3-2-4-8-19)33-15-21(32)28-27-14-18-6-5-9-20(25)22(18)26/h5-6,9-14,19H,2-4,7-8,15H2,1H3,(H,28,32)/b27-14-. The third kappa shape index (κ3) is 5.96. The predicted octanol–water partition coefficient (Wildman–Crippen LogP) is 6.31. The molecule has 1 aliphatic carbocycles. The molecule has 172 valence electrons. The van der Waals surface area contributed by atoms with Crippen LogP contribution in [0.2, 0.25) is 10.0 Å². The lowest BCUT2D eigenvalue weighted by molar-refractivity contribution is -0.118. The molecule has 0 saturated heterocycles. The Morgan fingerprint density at radius 2 is 1.91 bits per heavy atom. The van der Waals surface area contributed by atoms with Crippen LogP contribution in [0.5, 0.6) is 0 Å². The molecule has 1 heterocycles. The summed E-state index contributed by atoms with van der Waals surface area (Å²) in [6.45, 7) is 2.07. The van der Waals surface area contributed by atoms with Crippen molar-refractivity contribution in [3.05, 3.63) is 63.6 Å². The molecule has 1 N–H and O–H groups in total. The largest absolute Gasteiger partial charge is 0.299 e. The number of hydrogen-bond donors (Lipinski definition) is 1. The highest BCUT2D eigenvalue weighted by Crippen LogP contribution is 2.35. The molecule has 2 aromatic carbocycles. The maximum Gasteiger partial charge on any atom is 0.250 e.